The minimum Gasteiger partial charge on any atom is -0.370 e. The molecule has 1 aromatic heterocycles. The van der Waals surface area contributed by atoms with Gasteiger partial charge in [-0.25, -0.2) is 0 Å². The molecular weight excluding hydrogens is 412 g/mol. The number of nitrogens with two attached hydrogens (primary N) is 1. The molecule has 0 unspecified atom stereocenters. The highest BCUT2D eigenvalue weighted by Crippen LogP contribution is 2.30. The highest BCUT2D eigenvalue weighted by atomic mass is 32.1. The van der Waals surface area contributed by atoms with Crippen molar-refractivity contribution >= 4 is 46.1 Å². The summed E-state index contributed by atoms with van der Waals surface area (Å²) in [7, 11) is 0. The first-order valence-corrected chi connectivity index (χ1v) is 10.8. The SMILES string of the molecule is NC(=O)c1ccc(N2CCCC2)c(NC(=O)c2ccc(NC(=O)c3cccs3)cc2)c1. The smallest absolute Gasteiger partial charge is 0.265 e. The molecule has 158 valence electrons. The van der Waals surface area contributed by atoms with Crippen molar-refractivity contribution in [1.29, 1.82) is 0 Å². The van der Waals surface area contributed by atoms with Crippen LogP contribution in [0.2, 0.25) is 0 Å². The fraction of sp³-hybridized carbons (Fsp3) is 0.174. The van der Waals surface area contributed by atoms with Gasteiger partial charge in [0.1, 0.15) is 0 Å². The molecule has 4 rings (SSSR count). The standard InChI is InChI=1S/C23H22N4O3S/c24-21(28)16-7-10-19(27-11-1-2-12-27)18(14-16)26-22(29)15-5-8-17(9-6-15)25-23(30)20-4-3-13-31-20/h3-10,13-14H,1-2,11-12H2,(H2,24,28)(H,25,30)(H,26,29). The van der Waals surface area contributed by atoms with Gasteiger partial charge in [-0.2, -0.15) is 0 Å². The van der Waals surface area contributed by atoms with Gasteiger partial charge in [-0.05, 0) is 66.8 Å². The molecule has 0 bridgehead atoms. The number of anilines is 3. The van der Waals surface area contributed by atoms with Crippen LogP contribution in [0.5, 0.6) is 0 Å². The molecule has 0 spiro atoms. The van der Waals surface area contributed by atoms with Gasteiger partial charge in [0.25, 0.3) is 11.8 Å². The predicted octanol–water partition coefficient (Wildman–Crippen LogP) is 3.95. The zero-order valence-corrected chi connectivity index (χ0v) is 17.6. The van der Waals surface area contributed by atoms with Crippen molar-refractivity contribution in [3.8, 4) is 0 Å². The summed E-state index contributed by atoms with van der Waals surface area (Å²) in [6.45, 7) is 1.80. The van der Waals surface area contributed by atoms with Crippen LogP contribution in [0.25, 0.3) is 0 Å². The summed E-state index contributed by atoms with van der Waals surface area (Å²) in [5, 5.41) is 7.55. The third-order valence-corrected chi connectivity index (χ3v) is 5.99. The van der Waals surface area contributed by atoms with Gasteiger partial charge in [0.05, 0.1) is 16.3 Å². The van der Waals surface area contributed by atoms with Crippen molar-refractivity contribution in [3.05, 3.63) is 76.0 Å². The summed E-state index contributed by atoms with van der Waals surface area (Å²) in [4.78, 5) is 39.4. The number of hydrogen-bond donors (Lipinski definition) is 3. The van der Waals surface area contributed by atoms with E-state index in [1.165, 1.54) is 11.3 Å². The predicted molar refractivity (Wildman–Crippen MR) is 123 cm³/mol. The summed E-state index contributed by atoms with van der Waals surface area (Å²) in [6.07, 6.45) is 2.17. The number of nitrogens with zero attached hydrogens (tertiary/aromatic N) is 1. The van der Waals surface area contributed by atoms with E-state index in [1.807, 2.05) is 17.5 Å². The Bertz CT molecular complexity index is 1100. The van der Waals surface area contributed by atoms with E-state index in [0.717, 1.165) is 31.6 Å². The van der Waals surface area contributed by atoms with Gasteiger partial charge in [0.2, 0.25) is 5.91 Å². The highest BCUT2D eigenvalue weighted by Gasteiger charge is 2.19. The fourth-order valence-electron chi connectivity index (χ4n) is 3.52. The van der Waals surface area contributed by atoms with E-state index in [0.29, 0.717) is 27.4 Å². The van der Waals surface area contributed by atoms with Gasteiger partial charge in [-0.15, -0.1) is 11.3 Å². The summed E-state index contributed by atoms with van der Waals surface area (Å²) in [5.74, 6) is -1.04. The molecule has 0 aliphatic carbocycles. The molecule has 0 saturated carbocycles. The fourth-order valence-corrected chi connectivity index (χ4v) is 4.14. The summed E-state index contributed by atoms with van der Waals surface area (Å²) in [5.41, 5.74) is 8.22. The van der Waals surface area contributed by atoms with Crippen molar-refractivity contribution < 1.29 is 14.4 Å². The number of rotatable bonds is 6. The van der Waals surface area contributed by atoms with Gasteiger partial charge in [-0.3, -0.25) is 14.4 Å². The lowest BCUT2D eigenvalue weighted by atomic mass is 10.1. The van der Waals surface area contributed by atoms with Gasteiger partial charge in [0.15, 0.2) is 0 Å². The first-order chi connectivity index (χ1) is 15.0. The van der Waals surface area contributed by atoms with Crippen molar-refractivity contribution in [1.82, 2.24) is 0 Å². The molecule has 3 amide bonds. The van der Waals surface area contributed by atoms with Gasteiger partial charge >= 0.3 is 0 Å². The van der Waals surface area contributed by atoms with E-state index < -0.39 is 5.91 Å². The third kappa shape index (κ3) is 4.75. The largest absolute Gasteiger partial charge is 0.370 e. The second-order valence-corrected chi connectivity index (χ2v) is 8.20. The van der Waals surface area contributed by atoms with Crippen LogP contribution in [0, 0.1) is 0 Å². The number of benzene rings is 2. The van der Waals surface area contributed by atoms with Crippen LogP contribution in [0.3, 0.4) is 0 Å². The van der Waals surface area contributed by atoms with E-state index >= 15 is 0 Å². The lowest BCUT2D eigenvalue weighted by Crippen LogP contribution is -2.22. The third-order valence-electron chi connectivity index (χ3n) is 5.13. The number of hydrogen-bond acceptors (Lipinski definition) is 5. The number of amides is 3. The number of nitrogens with one attached hydrogen (secondary N) is 2. The monoisotopic (exact) mass is 434 g/mol. The molecule has 4 N–H and O–H groups in total. The van der Waals surface area contributed by atoms with Crippen molar-refractivity contribution in [2.75, 3.05) is 28.6 Å². The maximum Gasteiger partial charge on any atom is 0.265 e. The molecule has 0 atom stereocenters. The zero-order valence-electron chi connectivity index (χ0n) is 16.8. The van der Waals surface area contributed by atoms with Crippen LogP contribution in [0.1, 0.15) is 43.2 Å². The van der Waals surface area contributed by atoms with Gasteiger partial charge in [0, 0.05) is 29.9 Å². The highest BCUT2D eigenvalue weighted by molar-refractivity contribution is 7.12. The Morgan fingerprint density at radius 3 is 2.23 bits per heavy atom. The minimum absolute atomic E-state index is 0.189. The Morgan fingerprint density at radius 1 is 0.871 bits per heavy atom. The van der Waals surface area contributed by atoms with Crippen molar-refractivity contribution in [2.24, 2.45) is 5.73 Å². The maximum absolute atomic E-state index is 12.9. The normalized spacial score (nSPS) is 13.1. The molecule has 2 aromatic carbocycles. The minimum atomic E-state index is -0.547. The van der Waals surface area contributed by atoms with Crippen LogP contribution in [-0.4, -0.2) is 30.8 Å². The second kappa shape index (κ2) is 9.01. The summed E-state index contributed by atoms with van der Waals surface area (Å²) >= 11 is 1.36. The number of thiophene rings is 1. The molecule has 3 aromatic rings. The van der Waals surface area contributed by atoms with Crippen LogP contribution in [-0.2, 0) is 0 Å². The number of primary amides is 1. The molecular formula is C23H22N4O3S. The Labute approximate surface area is 183 Å². The Kier molecular flexibility index (Phi) is 5.99. The molecule has 1 saturated heterocycles. The molecule has 7 nitrogen and oxygen atoms in total. The van der Waals surface area contributed by atoms with Crippen LogP contribution >= 0.6 is 11.3 Å². The zero-order chi connectivity index (χ0) is 21.8. The Balaban J connectivity index is 1.50. The van der Waals surface area contributed by atoms with Gasteiger partial charge in [-0.1, -0.05) is 6.07 Å². The first kappa shape index (κ1) is 20.6. The van der Waals surface area contributed by atoms with Crippen LogP contribution in [0.4, 0.5) is 17.1 Å². The summed E-state index contributed by atoms with van der Waals surface area (Å²) < 4.78 is 0. The molecule has 2 heterocycles. The first-order valence-electron chi connectivity index (χ1n) is 9.96. The maximum atomic E-state index is 12.9. The van der Waals surface area contributed by atoms with Crippen LogP contribution in [0.15, 0.2) is 60.0 Å². The molecule has 0 radical (unpaired) electrons. The lowest BCUT2D eigenvalue weighted by Gasteiger charge is -2.22. The Morgan fingerprint density at radius 2 is 1.58 bits per heavy atom. The van der Waals surface area contributed by atoms with E-state index in [2.05, 4.69) is 15.5 Å². The number of carbonyl (C=O) groups is 3. The molecule has 8 heteroatoms. The van der Waals surface area contributed by atoms with E-state index in [4.69, 9.17) is 5.73 Å². The molecule has 1 aliphatic rings. The van der Waals surface area contributed by atoms with Crippen molar-refractivity contribution in [2.45, 2.75) is 12.8 Å². The molecule has 1 aliphatic heterocycles. The molecule has 31 heavy (non-hydrogen) atoms. The number of carbonyl (C=O) groups excluding carboxylic acids is 3. The lowest BCUT2D eigenvalue weighted by molar-refractivity contribution is 0.0995. The van der Waals surface area contributed by atoms with E-state index in [1.54, 1.807) is 42.5 Å². The van der Waals surface area contributed by atoms with Crippen molar-refractivity contribution in [3.63, 3.8) is 0 Å². The van der Waals surface area contributed by atoms with Gasteiger partial charge < -0.3 is 21.3 Å². The second-order valence-electron chi connectivity index (χ2n) is 7.25. The quantitative estimate of drug-likeness (QED) is 0.546. The average Bonchev–Trinajstić information content (AvgIpc) is 3.48. The molecule has 1 fully saturated rings. The summed E-state index contributed by atoms with van der Waals surface area (Å²) in [6, 6.07) is 15.3. The Hall–Kier alpha value is -3.65. The van der Waals surface area contributed by atoms with E-state index in [9.17, 15) is 14.4 Å². The van der Waals surface area contributed by atoms with Crippen LogP contribution < -0.4 is 21.3 Å². The topological polar surface area (TPSA) is 105 Å². The average molecular weight is 435 g/mol. The van der Waals surface area contributed by atoms with E-state index in [-0.39, 0.29) is 11.8 Å².